The molecule has 5 nitrogen and oxygen atoms in total. The molecule has 1 aromatic heterocycles. The summed E-state index contributed by atoms with van der Waals surface area (Å²) >= 11 is 0. The lowest BCUT2D eigenvalue weighted by molar-refractivity contribution is 0.0639. The molecule has 0 amide bonds. The van der Waals surface area contributed by atoms with Crippen LogP contribution in [-0.2, 0) is 7.05 Å². The van der Waals surface area contributed by atoms with Crippen LogP contribution in [0.4, 0.5) is 0 Å². The van der Waals surface area contributed by atoms with Crippen molar-refractivity contribution in [3.8, 4) is 0 Å². The Morgan fingerprint density at radius 3 is 2.33 bits per heavy atom. The van der Waals surface area contributed by atoms with Crippen molar-refractivity contribution in [3.05, 3.63) is 11.9 Å². The Morgan fingerprint density at radius 1 is 1.22 bits per heavy atom. The molecule has 100 valence electrons. The Labute approximate surface area is 108 Å². The fourth-order valence-electron chi connectivity index (χ4n) is 2.58. The second-order valence-corrected chi connectivity index (χ2v) is 5.53. The van der Waals surface area contributed by atoms with Gasteiger partial charge in [-0.3, -0.25) is 9.69 Å². The second kappa shape index (κ2) is 5.18. The molecule has 0 aliphatic carbocycles. The summed E-state index contributed by atoms with van der Waals surface area (Å²) in [6, 6.07) is 0. The van der Waals surface area contributed by atoms with Crippen LogP contribution in [0.1, 0.15) is 50.0 Å². The Kier molecular flexibility index (Phi) is 3.80. The van der Waals surface area contributed by atoms with Gasteiger partial charge in [0.15, 0.2) is 0 Å². The zero-order chi connectivity index (χ0) is 13.2. The fraction of sp³-hybridized carbons (Fsp3) is 0.769. The van der Waals surface area contributed by atoms with E-state index in [0.29, 0.717) is 5.69 Å². The van der Waals surface area contributed by atoms with E-state index in [1.54, 1.807) is 17.9 Å². The number of hydrogen-bond donors (Lipinski definition) is 0. The molecule has 1 aliphatic heterocycles. The lowest BCUT2D eigenvalue weighted by Gasteiger charge is -2.36. The summed E-state index contributed by atoms with van der Waals surface area (Å²) in [6.45, 7) is 6.02. The van der Waals surface area contributed by atoms with Crippen LogP contribution >= 0.6 is 0 Å². The first-order chi connectivity index (χ1) is 8.53. The summed E-state index contributed by atoms with van der Waals surface area (Å²) in [7, 11) is 1.76. The van der Waals surface area contributed by atoms with E-state index in [1.165, 1.54) is 25.7 Å². The number of rotatable bonds is 3. The van der Waals surface area contributed by atoms with E-state index in [-0.39, 0.29) is 5.78 Å². The van der Waals surface area contributed by atoms with Crippen LogP contribution in [0.3, 0.4) is 0 Å². The topological polar surface area (TPSA) is 51.0 Å². The molecule has 2 rings (SSSR count). The molecule has 1 aliphatic rings. The van der Waals surface area contributed by atoms with Crippen LogP contribution in [-0.4, -0.2) is 44.3 Å². The highest BCUT2D eigenvalue weighted by Gasteiger charge is 2.36. The van der Waals surface area contributed by atoms with Gasteiger partial charge in [0.1, 0.15) is 5.69 Å². The van der Waals surface area contributed by atoms with E-state index in [1.807, 2.05) is 13.8 Å². The third kappa shape index (κ3) is 2.46. The quantitative estimate of drug-likeness (QED) is 0.765. The van der Waals surface area contributed by atoms with Crippen molar-refractivity contribution in [1.82, 2.24) is 19.9 Å². The average molecular weight is 250 g/mol. The summed E-state index contributed by atoms with van der Waals surface area (Å²) in [4.78, 5) is 14.9. The molecule has 0 atom stereocenters. The molecule has 0 N–H and O–H groups in total. The number of aromatic nitrogens is 3. The number of hydrogen-bond acceptors (Lipinski definition) is 4. The molecule has 0 bridgehead atoms. The maximum absolute atomic E-state index is 12.6. The van der Waals surface area contributed by atoms with Gasteiger partial charge in [-0.05, 0) is 39.8 Å². The lowest BCUT2D eigenvalue weighted by atomic mass is 9.94. The molecule has 0 aromatic carbocycles. The van der Waals surface area contributed by atoms with Gasteiger partial charge >= 0.3 is 0 Å². The molecular formula is C13H22N4O. The van der Waals surface area contributed by atoms with Gasteiger partial charge in [0.25, 0.3) is 0 Å². The molecule has 5 heteroatoms. The smallest absolute Gasteiger partial charge is 0.202 e. The lowest BCUT2D eigenvalue weighted by Crippen LogP contribution is -2.51. The highest BCUT2D eigenvalue weighted by Crippen LogP contribution is 2.23. The molecule has 2 heterocycles. The Bertz CT molecular complexity index is 416. The van der Waals surface area contributed by atoms with Crippen LogP contribution in [0, 0.1) is 0 Å². The third-order valence-electron chi connectivity index (χ3n) is 3.90. The van der Waals surface area contributed by atoms with Gasteiger partial charge in [-0.1, -0.05) is 18.1 Å². The van der Waals surface area contributed by atoms with E-state index in [4.69, 9.17) is 0 Å². The van der Waals surface area contributed by atoms with Crippen molar-refractivity contribution < 1.29 is 4.79 Å². The predicted octanol–water partition coefficient (Wildman–Crippen LogP) is 1.65. The summed E-state index contributed by atoms with van der Waals surface area (Å²) < 4.78 is 1.56. The number of likely N-dealkylation sites (tertiary alicyclic amines) is 1. The molecule has 0 unspecified atom stereocenters. The number of ketones is 1. The van der Waals surface area contributed by atoms with Crippen LogP contribution in [0.25, 0.3) is 0 Å². The second-order valence-electron chi connectivity index (χ2n) is 5.53. The van der Waals surface area contributed by atoms with E-state index in [2.05, 4.69) is 15.2 Å². The number of aryl methyl sites for hydroxylation is 1. The van der Waals surface area contributed by atoms with Gasteiger partial charge in [-0.2, -0.15) is 0 Å². The van der Waals surface area contributed by atoms with Crippen molar-refractivity contribution in [1.29, 1.82) is 0 Å². The first kappa shape index (κ1) is 13.2. The molecule has 0 radical (unpaired) electrons. The monoisotopic (exact) mass is 250 g/mol. The van der Waals surface area contributed by atoms with Crippen molar-refractivity contribution in [2.24, 2.45) is 7.05 Å². The maximum Gasteiger partial charge on any atom is 0.202 e. The van der Waals surface area contributed by atoms with Crippen molar-refractivity contribution in [2.45, 2.75) is 45.1 Å². The minimum atomic E-state index is -0.472. The molecule has 1 saturated heterocycles. The Hall–Kier alpha value is -1.23. The Balaban J connectivity index is 2.19. The fourth-order valence-corrected chi connectivity index (χ4v) is 2.58. The largest absolute Gasteiger partial charge is 0.291 e. The van der Waals surface area contributed by atoms with Crippen molar-refractivity contribution in [3.63, 3.8) is 0 Å². The van der Waals surface area contributed by atoms with Crippen molar-refractivity contribution >= 4 is 5.78 Å². The van der Waals surface area contributed by atoms with Gasteiger partial charge in [0.2, 0.25) is 5.78 Å². The summed E-state index contributed by atoms with van der Waals surface area (Å²) in [5.74, 6) is 0.108. The van der Waals surface area contributed by atoms with Crippen LogP contribution in [0.2, 0.25) is 0 Å². The van der Waals surface area contributed by atoms with Gasteiger partial charge in [-0.25, -0.2) is 4.68 Å². The number of carbonyl (C=O) groups is 1. The normalized spacial score (nSPS) is 18.6. The average Bonchev–Trinajstić information content (AvgIpc) is 2.61. The molecule has 18 heavy (non-hydrogen) atoms. The van der Waals surface area contributed by atoms with Gasteiger partial charge in [-0.15, -0.1) is 5.10 Å². The first-order valence-electron chi connectivity index (χ1n) is 6.68. The summed E-state index contributed by atoms with van der Waals surface area (Å²) in [5, 5.41) is 7.64. The molecule has 1 aromatic rings. The standard InChI is InChI=1S/C13H22N4O/c1-13(2,17-8-6-4-5-7-9-17)12(18)11-10-14-15-16(11)3/h10H,4-9H2,1-3H3. The summed E-state index contributed by atoms with van der Waals surface area (Å²) in [6.07, 6.45) is 6.46. The van der Waals surface area contributed by atoms with E-state index in [0.717, 1.165) is 13.1 Å². The highest BCUT2D eigenvalue weighted by molar-refractivity contribution is 6.01. The number of nitrogens with zero attached hydrogens (tertiary/aromatic N) is 4. The summed E-state index contributed by atoms with van der Waals surface area (Å²) in [5.41, 5.74) is 0.115. The number of Topliss-reactive ketones (excluding diaryl/α,β-unsaturated/α-hetero) is 1. The predicted molar refractivity (Wildman–Crippen MR) is 69.5 cm³/mol. The van der Waals surface area contributed by atoms with Gasteiger partial charge in [0.05, 0.1) is 11.7 Å². The van der Waals surface area contributed by atoms with Crippen LogP contribution in [0.15, 0.2) is 6.20 Å². The molecule has 0 saturated carbocycles. The van der Waals surface area contributed by atoms with E-state index in [9.17, 15) is 4.79 Å². The van der Waals surface area contributed by atoms with E-state index < -0.39 is 5.54 Å². The number of carbonyl (C=O) groups excluding carboxylic acids is 1. The molecular weight excluding hydrogens is 228 g/mol. The van der Waals surface area contributed by atoms with E-state index >= 15 is 0 Å². The zero-order valence-corrected chi connectivity index (χ0v) is 11.5. The first-order valence-corrected chi connectivity index (χ1v) is 6.68. The minimum Gasteiger partial charge on any atom is -0.291 e. The van der Waals surface area contributed by atoms with Gasteiger partial charge in [0, 0.05) is 7.05 Å². The minimum absolute atomic E-state index is 0.108. The van der Waals surface area contributed by atoms with Gasteiger partial charge < -0.3 is 0 Å². The Morgan fingerprint density at radius 2 is 1.83 bits per heavy atom. The maximum atomic E-state index is 12.6. The molecule has 1 fully saturated rings. The highest BCUT2D eigenvalue weighted by atomic mass is 16.1. The van der Waals surface area contributed by atoms with Crippen LogP contribution < -0.4 is 0 Å². The SMILES string of the molecule is Cn1nncc1C(=O)C(C)(C)N1CCCCCC1. The van der Waals surface area contributed by atoms with Crippen molar-refractivity contribution in [2.75, 3.05) is 13.1 Å². The third-order valence-corrected chi connectivity index (χ3v) is 3.90. The van der Waals surface area contributed by atoms with Crippen LogP contribution in [0.5, 0.6) is 0 Å². The zero-order valence-electron chi connectivity index (χ0n) is 11.5. The molecule has 0 spiro atoms.